The van der Waals surface area contributed by atoms with Gasteiger partial charge in [-0.15, -0.1) is 0 Å². The lowest BCUT2D eigenvalue weighted by Crippen LogP contribution is -2.37. The number of hydrogen-bond acceptors (Lipinski definition) is 8. The molecule has 0 radical (unpaired) electrons. The molecule has 1 unspecified atom stereocenters. The zero-order valence-corrected chi connectivity index (χ0v) is 20.5. The van der Waals surface area contributed by atoms with Crippen LogP contribution in [0.25, 0.3) is 0 Å². The van der Waals surface area contributed by atoms with Crippen molar-refractivity contribution in [2.75, 3.05) is 36.6 Å². The van der Waals surface area contributed by atoms with E-state index < -0.39 is 0 Å². The zero-order chi connectivity index (χ0) is 24.1. The van der Waals surface area contributed by atoms with Crippen molar-refractivity contribution in [3.8, 4) is 0 Å². The van der Waals surface area contributed by atoms with E-state index in [4.69, 9.17) is 20.4 Å². The maximum atomic E-state index is 12.7. The zero-order valence-electron chi connectivity index (χ0n) is 20.5. The van der Waals surface area contributed by atoms with E-state index >= 15 is 0 Å². The number of hydrazone groups is 1. The number of aryl methyl sites for hydroxylation is 1. The van der Waals surface area contributed by atoms with Crippen molar-refractivity contribution in [2.45, 2.75) is 52.5 Å². The molecule has 0 spiro atoms. The minimum Gasteiger partial charge on any atom is -0.378 e. The third kappa shape index (κ3) is 6.18. The van der Waals surface area contributed by atoms with Gasteiger partial charge >= 0.3 is 0 Å². The quantitative estimate of drug-likeness (QED) is 0.434. The number of rotatable bonds is 9. The average Bonchev–Trinajstić information content (AvgIpc) is 3.21. The monoisotopic (exact) mass is 464 g/mol. The summed E-state index contributed by atoms with van der Waals surface area (Å²) in [5, 5.41) is 4.37. The number of carbonyl (C=O) groups excluding carboxylic acids is 1. The molecule has 34 heavy (non-hydrogen) atoms. The molecule has 2 aromatic rings. The van der Waals surface area contributed by atoms with Crippen LogP contribution in [0.15, 0.2) is 29.4 Å². The second-order valence-corrected chi connectivity index (χ2v) is 9.86. The van der Waals surface area contributed by atoms with Crippen LogP contribution < -0.4 is 16.1 Å². The number of nitrogens with zero attached hydrogens (tertiary/aromatic N) is 4. The number of Topliss-reactive ketones (excluding diaryl/α,β-unsaturated/α-hetero) is 1. The molecule has 2 heterocycles. The summed E-state index contributed by atoms with van der Waals surface area (Å²) in [4.78, 5) is 24.6. The Labute approximate surface area is 202 Å². The molecule has 1 aromatic carbocycles. The molecule has 2 atom stereocenters. The first-order chi connectivity index (χ1) is 16.4. The summed E-state index contributed by atoms with van der Waals surface area (Å²) in [6.07, 6.45) is 4.54. The van der Waals surface area contributed by atoms with Gasteiger partial charge < -0.3 is 15.4 Å². The Kier molecular flexibility index (Phi) is 7.90. The number of carbonyl (C=O) groups is 1. The molecule has 1 aromatic heterocycles. The number of benzene rings is 1. The summed E-state index contributed by atoms with van der Waals surface area (Å²) in [5.74, 6) is 2.18. The number of fused-ring (bicyclic) bond motifs is 1. The van der Waals surface area contributed by atoms with Gasteiger partial charge in [-0.1, -0.05) is 43.7 Å². The minimum absolute atomic E-state index is 0.147. The molecular weight excluding hydrogens is 428 g/mol. The summed E-state index contributed by atoms with van der Waals surface area (Å²) in [5.41, 5.74) is 13.5. The van der Waals surface area contributed by atoms with Crippen LogP contribution in [0, 0.1) is 18.8 Å². The van der Waals surface area contributed by atoms with Crippen LogP contribution in [-0.2, 0) is 22.4 Å². The Morgan fingerprint density at radius 3 is 2.82 bits per heavy atom. The van der Waals surface area contributed by atoms with E-state index in [1.165, 1.54) is 5.56 Å². The molecule has 0 bridgehead atoms. The van der Waals surface area contributed by atoms with Crippen LogP contribution in [0.2, 0.25) is 0 Å². The molecule has 0 saturated carbocycles. The standard InChI is InChI=1S/C26H36N6O2/c1-17(2)11-22(27)24(33)15-20-13-21-23(14-20)29-26(30-25(21)32-7-9-34-10-8-32)31-28-16-19-6-4-5-18(3)12-19/h4-6,12,16-17,20,22H,7-11,13-15,27H2,1-3H3,(H,29,30,31)/b28-16+/t20?,22-/m0/s1. The molecule has 1 saturated heterocycles. The summed E-state index contributed by atoms with van der Waals surface area (Å²) >= 11 is 0. The largest absolute Gasteiger partial charge is 0.378 e. The Hall–Kier alpha value is -2.84. The van der Waals surface area contributed by atoms with Crippen molar-refractivity contribution >= 4 is 23.8 Å². The topological polar surface area (TPSA) is 106 Å². The van der Waals surface area contributed by atoms with E-state index in [0.29, 0.717) is 31.5 Å². The molecule has 0 amide bonds. The van der Waals surface area contributed by atoms with Gasteiger partial charge in [-0.25, -0.2) is 10.4 Å². The fourth-order valence-electron chi connectivity index (χ4n) is 4.75. The fraction of sp³-hybridized carbons (Fsp3) is 0.538. The van der Waals surface area contributed by atoms with E-state index in [1.54, 1.807) is 6.21 Å². The molecule has 4 rings (SSSR count). The number of nitrogens with one attached hydrogen (secondary N) is 1. The third-order valence-corrected chi connectivity index (χ3v) is 6.41. The maximum Gasteiger partial charge on any atom is 0.245 e. The van der Waals surface area contributed by atoms with Crippen LogP contribution in [0.3, 0.4) is 0 Å². The van der Waals surface area contributed by atoms with Crippen LogP contribution >= 0.6 is 0 Å². The van der Waals surface area contributed by atoms with Crippen LogP contribution in [0.5, 0.6) is 0 Å². The molecule has 1 fully saturated rings. The Morgan fingerprint density at radius 1 is 1.29 bits per heavy atom. The smallest absolute Gasteiger partial charge is 0.245 e. The predicted molar refractivity (Wildman–Crippen MR) is 135 cm³/mol. The van der Waals surface area contributed by atoms with E-state index in [-0.39, 0.29) is 17.7 Å². The highest BCUT2D eigenvalue weighted by molar-refractivity contribution is 5.84. The molecule has 1 aliphatic heterocycles. The highest BCUT2D eigenvalue weighted by Crippen LogP contribution is 2.35. The number of nitrogens with two attached hydrogens (primary N) is 1. The number of ketones is 1. The summed E-state index contributed by atoms with van der Waals surface area (Å²) in [7, 11) is 0. The second-order valence-electron chi connectivity index (χ2n) is 9.86. The fourth-order valence-corrected chi connectivity index (χ4v) is 4.75. The third-order valence-electron chi connectivity index (χ3n) is 6.41. The van der Waals surface area contributed by atoms with Crippen molar-refractivity contribution in [1.82, 2.24) is 9.97 Å². The number of aromatic nitrogens is 2. The van der Waals surface area contributed by atoms with Gasteiger partial charge in [0.15, 0.2) is 0 Å². The van der Waals surface area contributed by atoms with Gasteiger partial charge in [0.2, 0.25) is 5.95 Å². The van der Waals surface area contributed by atoms with E-state index in [2.05, 4.69) is 48.3 Å². The first-order valence-corrected chi connectivity index (χ1v) is 12.3. The lowest BCUT2D eigenvalue weighted by Gasteiger charge is -2.29. The number of morpholine rings is 1. The summed E-state index contributed by atoms with van der Waals surface area (Å²) in [6, 6.07) is 7.75. The van der Waals surface area contributed by atoms with Gasteiger partial charge in [0.1, 0.15) is 11.6 Å². The first-order valence-electron chi connectivity index (χ1n) is 12.3. The van der Waals surface area contributed by atoms with Crippen molar-refractivity contribution in [3.63, 3.8) is 0 Å². The number of anilines is 2. The van der Waals surface area contributed by atoms with Crippen LogP contribution in [0.1, 0.15) is 49.1 Å². The first kappa shape index (κ1) is 24.3. The Bertz CT molecular complexity index is 1030. The van der Waals surface area contributed by atoms with Crippen LogP contribution in [0.4, 0.5) is 11.8 Å². The van der Waals surface area contributed by atoms with Gasteiger partial charge in [0.25, 0.3) is 0 Å². The predicted octanol–water partition coefficient (Wildman–Crippen LogP) is 3.12. The van der Waals surface area contributed by atoms with Gasteiger partial charge in [-0.3, -0.25) is 4.79 Å². The van der Waals surface area contributed by atoms with Gasteiger partial charge in [-0.2, -0.15) is 10.1 Å². The number of ether oxygens (including phenoxy) is 1. The average molecular weight is 465 g/mol. The van der Waals surface area contributed by atoms with Gasteiger partial charge in [0, 0.05) is 25.1 Å². The van der Waals surface area contributed by atoms with Gasteiger partial charge in [0.05, 0.1) is 31.2 Å². The molecular formula is C26H36N6O2. The molecule has 8 nitrogen and oxygen atoms in total. The highest BCUT2D eigenvalue weighted by Gasteiger charge is 2.32. The molecule has 3 N–H and O–H groups in total. The lowest BCUT2D eigenvalue weighted by atomic mass is 9.93. The Balaban J connectivity index is 1.51. The minimum atomic E-state index is -0.387. The summed E-state index contributed by atoms with van der Waals surface area (Å²) in [6.45, 7) is 9.19. The molecule has 1 aliphatic carbocycles. The summed E-state index contributed by atoms with van der Waals surface area (Å²) < 4.78 is 5.54. The SMILES string of the molecule is Cc1cccc(/C=N/Nc2nc3c(c(N4CCOCC4)n2)CC(CC(=O)[C@@H](N)CC(C)C)C3)c1. The number of hydrogen-bond donors (Lipinski definition) is 2. The maximum absolute atomic E-state index is 12.7. The highest BCUT2D eigenvalue weighted by atomic mass is 16.5. The Morgan fingerprint density at radius 2 is 2.09 bits per heavy atom. The van der Waals surface area contributed by atoms with Crippen molar-refractivity contribution in [1.29, 1.82) is 0 Å². The molecule has 182 valence electrons. The normalized spacial score (nSPS) is 19.0. The molecule has 8 heteroatoms. The van der Waals surface area contributed by atoms with E-state index in [1.807, 2.05) is 12.1 Å². The van der Waals surface area contributed by atoms with Crippen LogP contribution in [-0.4, -0.2) is 54.3 Å². The second kappa shape index (κ2) is 11.1. The van der Waals surface area contributed by atoms with Crippen molar-refractivity contribution in [2.24, 2.45) is 22.7 Å². The van der Waals surface area contributed by atoms with Crippen molar-refractivity contribution in [3.05, 3.63) is 46.6 Å². The van der Waals surface area contributed by atoms with E-state index in [9.17, 15) is 4.79 Å². The van der Waals surface area contributed by atoms with Crippen molar-refractivity contribution < 1.29 is 9.53 Å². The molecule has 2 aliphatic rings. The van der Waals surface area contributed by atoms with E-state index in [0.717, 1.165) is 55.0 Å². The lowest BCUT2D eigenvalue weighted by molar-refractivity contribution is -0.121. The van der Waals surface area contributed by atoms with Gasteiger partial charge in [-0.05, 0) is 43.6 Å².